The van der Waals surface area contributed by atoms with Gasteiger partial charge in [-0.1, -0.05) is 37.3 Å². The van der Waals surface area contributed by atoms with Crippen LogP contribution in [0.15, 0.2) is 54.6 Å². The number of rotatable bonds is 10. The number of amides is 1. The summed E-state index contributed by atoms with van der Waals surface area (Å²) in [7, 11) is 0. The molecule has 196 valence electrons. The topological polar surface area (TPSA) is 61.8 Å². The van der Waals surface area contributed by atoms with E-state index >= 15 is 0 Å². The van der Waals surface area contributed by atoms with E-state index in [-0.39, 0.29) is 5.91 Å². The van der Waals surface area contributed by atoms with Crippen LogP contribution in [0.2, 0.25) is 0 Å². The van der Waals surface area contributed by atoms with Crippen LogP contribution in [0.4, 0.5) is 5.82 Å². The molecule has 7 heteroatoms. The highest BCUT2D eigenvalue weighted by Gasteiger charge is 2.21. The normalized spacial score (nSPS) is 14.0. The van der Waals surface area contributed by atoms with Gasteiger partial charge >= 0.3 is 0 Å². The first-order valence-corrected chi connectivity index (χ1v) is 13.5. The smallest absolute Gasteiger partial charge is 0.274 e. The van der Waals surface area contributed by atoms with E-state index in [1.54, 1.807) is 11.0 Å². The first-order chi connectivity index (χ1) is 18.1. The summed E-state index contributed by atoms with van der Waals surface area (Å²) in [6.45, 7) is 14.8. The molecular formula is C30H39N5O2. The summed E-state index contributed by atoms with van der Waals surface area (Å²) in [4.78, 5) is 19.0. The fourth-order valence-corrected chi connectivity index (χ4v) is 4.88. The first-order valence-electron chi connectivity index (χ1n) is 13.5. The van der Waals surface area contributed by atoms with E-state index in [0.717, 1.165) is 50.7 Å². The van der Waals surface area contributed by atoms with Gasteiger partial charge in [0.25, 0.3) is 5.91 Å². The SMILES string of the molecule is CCOc1cccc(-c2ccc(CN3CCN(c4ccc(C(=O)N(CC)CC)nn4)CC3)c(CC)c2)c1. The molecule has 2 aromatic carbocycles. The minimum Gasteiger partial charge on any atom is -0.494 e. The number of aromatic nitrogens is 2. The molecule has 4 rings (SSSR count). The molecule has 2 heterocycles. The molecule has 1 amide bonds. The highest BCUT2D eigenvalue weighted by Crippen LogP contribution is 2.27. The molecule has 0 spiro atoms. The summed E-state index contributed by atoms with van der Waals surface area (Å²) in [5, 5.41) is 8.59. The van der Waals surface area contributed by atoms with E-state index in [1.165, 1.54) is 22.3 Å². The van der Waals surface area contributed by atoms with Crippen LogP contribution in [0.3, 0.4) is 0 Å². The van der Waals surface area contributed by atoms with Gasteiger partial charge in [0, 0.05) is 45.8 Å². The van der Waals surface area contributed by atoms with E-state index in [9.17, 15) is 4.79 Å². The Morgan fingerprint density at radius 1 is 0.865 bits per heavy atom. The van der Waals surface area contributed by atoms with Crippen LogP contribution in [0.25, 0.3) is 11.1 Å². The van der Waals surface area contributed by atoms with Crippen molar-refractivity contribution < 1.29 is 9.53 Å². The molecule has 3 aromatic rings. The van der Waals surface area contributed by atoms with Gasteiger partial charge < -0.3 is 14.5 Å². The Bertz CT molecular complexity index is 1170. The van der Waals surface area contributed by atoms with Gasteiger partial charge in [-0.3, -0.25) is 9.69 Å². The standard InChI is InChI=1S/C30H39N5O2/c1-5-23-20-25(24-10-9-11-27(21-24)37-8-4)12-13-26(23)22-33-16-18-35(19-17-33)29-15-14-28(31-32-29)30(36)34(6-2)7-3/h9-15,20-21H,5-8,16-19,22H2,1-4H3. The number of ether oxygens (including phenoxy) is 1. The maximum atomic E-state index is 12.5. The van der Waals surface area contributed by atoms with Crippen molar-refractivity contribution in [2.24, 2.45) is 0 Å². The monoisotopic (exact) mass is 501 g/mol. The van der Waals surface area contributed by atoms with Crippen LogP contribution in [0.1, 0.15) is 49.3 Å². The molecule has 1 saturated heterocycles. The zero-order valence-corrected chi connectivity index (χ0v) is 22.6. The molecule has 7 nitrogen and oxygen atoms in total. The lowest BCUT2D eigenvalue weighted by atomic mass is 9.97. The largest absolute Gasteiger partial charge is 0.494 e. The lowest BCUT2D eigenvalue weighted by Gasteiger charge is -2.35. The molecule has 1 fully saturated rings. The Labute approximate surface area is 221 Å². The second kappa shape index (κ2) is 12.7. The number of aryl methyl sites for hydroxylation is 1. The number of hydrogen-bond acceptors (Lipinski definition) is 6. The Hall–Kier alpha value is -3.45. The van der Waals surface area contributed by atoms with Gasteiger partial charge in [-0.2, -0.15) is 0 Å². The maximum absolute atomic E-state index is 12.5. The third-order valence-corrected chi connectivity index (χ3v) is 7.08. The molecule has 1 aliphatic heterocycles. The predicted molar refractivity (Wildman–Crippen MR) is 149 cm³/mol. The van der Waals surface area contributed by atoms with Gasteiger partial charge in [0.2, 0.25) is 0 Å². The van der Waals surface area contributed by atoms with E-state index in [0.29, 0.717) is 25.4 Å². The van der Waals surface area contributed by atoms with Crippen LogP contribution in [0, 0.1) is 0 Å². The molecule has 37 heavy (non-hydrogen) atoms. The molecule has 0 bridgehead atoms. The third-order valence-electron chi connectivity index (χ3n) is 7.08. The highest BCUT2D eigenvalue weighted by atomic mass is 16.5. The summed E-state index contributed by atoms with van der Waals surface area (Å²) >= 11 is 0. The van der Waals surface area contributed by atoms with E-state index in [4.69, 9.17) is 4.74 Å². The number of carbonyl (C=O) groups is 1. The van der Waals surface area contributed by atoms with E-state index in [1.807, 2.05) is 32.9 Å². The molecule has 0 unspecified atom stereocenters. The number of hydrogen-bond donors (Lipinski definition) is 0. The van der Waals surface area contributed by atoms with Gasteiger partial charge in [-0.05, 0) is 73.7 Å². The molecular weight excluding hydrogens is 462 g/mol. The van der Waals surface area contributed by atoms with Gasteiger partial charge in [0.05, 0.1) is 6.61 Å². The minimum absolute atomic E-state index is 0.0615. The molecule has 0 atom stereocenters. The summed E-state index contributed by atoms with van der Waals surface area (Å²) in [6, 6.07) is 18.9. The second-order valence-electron chi connectivity index (χ2n) is 9.32. The van der Waals surface area contributed by atoms with Crippen molar-refractivity contribution in [3.8, 4) is 16.9 Å². The van der Waals surface area contributed by atoms with Crippen LogP contribution in [0.5, 0.6) is 5.75 Å². The van der Waals surface area contributed by atoms with Crippen LogP contribution in [-0.4, -0.2) is 71.8 Å². The number of piperazine rings is 1. The molecule has 0 N–H and O–H groups in total. The number of anilines is 1. The number of nitrogens with zero attached hydrogens (tertiary/aromatic N) is 5. The van der Waals surface area contributed by atoms with Crippen molar-refractivity contribution in [3.63, 3.8) is 0 Å². The highest BCUT2D eigenvalue weighted by molar-refractivity contribution is 5.92. The average molecular weight is 502 g/mol. The summed E-state index contributed by atoms with van der Waals surface area (Å²) in [5.41, 5.74) is 5.60. The molecule has 1 aromatic heterocycles. The second-order valence-corrected chi connectivity index (χ2v) is 9.32. The number of carbonyl (C=O) groups excluding carboxylic acids is 1. The first kappa shape index (κ1) is 26.6. The van der Waals surface area contributed by atoms with Gasteiger partial charge in [-0.25, -0.2) is 0 Å². The van der Waals surface area contributed by atoms with Crippen LogP contribution < -0.4 is 9.64 Å². The quantitative estimate of drug-likeness (QED) is 0.393. The van der Waals surface area contributed by atoms with Gasteiger partial charge in [0.15, 0.2) is 11.5 Å². The van der Waals surface area contributed by atoms with Crippen molar-refractivity contribution in [2.45, 2.75) is 40.7 Å². The van der Waals surface area contributed by atoms with Crippen molar-refractivity contribution >= 4 is 11.7 Å². The van der Waals surface area contributed by atoms with Crippen molar-refractivity contribution in [1.29, 1.82) is 0 Å². The molecule has 0 radical (unpaired) electrons. The Morgan fingerprint density at radius 2 is 1.62 bits per heavy atom. The van der Waals surface area contributed by atoms with Gasteiger partial charge in [0.1, 0.15) is 5.75 Å². The summed E-state index contributed by atoms with van der Waals surface area (Å²) < 4.78 is 5.69. The molecule has 1 aliphatic rings. The Morgan fingerprint density at radius 3 is 2.27 bits per heavy atom. The predicted octanol–water partition coefficient (Wildman–Crippen LogP) is 4.91. The minimum atomic E-state index is -0.0615. The lowest BCUT2D eigenvalue weighted by molar-refractivity contribution is 0.0766. The maximum Gasteiger partial charge on any atom is 0.274 e. The van der Waals surface area contributed by atoms with Crippen molar-refractivity contribution in [2.75, 3.05) is 50.8 Å². The molecule has 0 aliphatic carbocycles. The Balaban J connectivity index is 1.36. The van der Waals surface area contributed by atoms with E-state index in [2.05, 4.69) is 63.3 Å². The number of benzene rings is 2. The zero-order valence-electron chi connectivity index (χ0n) is 22.6. The van der Waals surface area contributed by atoms with Crippen LogP contribution in [-0.2, 0) is 13.0 Å². The fraction of sp³-hybridized carbons (Fsp3) is 0.433. The Kier molecular flexibility index (Phi) is 9.12. The van der Waals surface area contributed by atoms with Gasteiger partial charge in [-0.15, -0.1) is 10.2 Å². The fourth-order valence-electron chi connectivity index (χ4n) is 4.88. The third kappa shape index (κ3) is 6.46. The summed E-state index contributed by atoms with van der Waals surface area (Å²) in [6.07, 6.45) is 1.00. The average Bonchev–Trinajstić information content (AvgIpc) is 2.95. The van der Waals surface area contributed by atoms with Crippen molar-refractivity contribution in [3.05, 3.63) is 71.4 Å². The summed E-state index contributed by atoms with van der Waals surface area (Å²) in [5.74, 6) is 1.69. The molecule has 0 saturated carbocycles. The van der Waals surface area contributed by atoms with Crippen LogP contribution >= 0.6 is 0 Å². The lowest BCUT2D eigenvalue weighted by Crippen LogP contribution is -2.46. The van der Waals surface area contributed by atoms with Crippen molar-refractivity contribution in [1.82, 2.24) is 20.0 Å². The zero-order chi connectivity index (χ0) is 26.2. The van der Waals surface area contributed by atoms with E-state index < -0.39 is 0 Å².